The zero-order chi connectivity index (χ0) is 18.4. The Labute approximate surface area is 152 Å². The van der Waals surface area contributed by atoms with Crippen LogP contribution in [0.5, 0.6) is 17.5 Å². The maximum Gasteiger partial charge on any atom is 0.230 e. The van der Waals surface area contributed by atoms with E-state index < -0.39 is 0 Å². The molecule has 0 saturated heterocycles. The van der Waals surface area contributed by atoms with Crippen molar-refractivity contribution in [1.29, 1.82) is 0 Å². The first-order chi connectivity index (χ1) is 12.7. The fraction of sp³-hybridized carbons (Fsp3) is 0.211. The minimum absolute atomic E-state index is 0.180. The number of aromatic nitrogens is 3. The number of pyridine rings is 1. The Hall–Kier alpha value is -3.35. The van der Waals surface area contributed by atoms with Crippen molar-refractivity contribution < 1.29 is 14.2 Å². The topological polar surface area (TPSA) is 78.4 Å². The van der Waals surface area contributed by atoms with Gasteiger partial charge in [-0.05, 0) is 35.4 Å². The molecule has 1 unspecified atom stereocenters. The van der Waals surface area contributed by atoms with Crippen molar-refractivity contribution in [2.24, 2.45) is 0 Å². The number of nitrogens with zero attached hydrogens (tertiary/aromatic N) is 3. The van der Waals surface area contributed by atoms with Gasteiger partial charge in [-0.25, -0.2) is 0 Å². The van der Waals surface area contributed by atoms with Gasteiger partial charge in [-0.15, -0.1) is 0 Å². The van der Waals surface area contributed by atoms with Crippen LogP contribution in [0.1, 0.15) is 17.2 Å². The summed E-state index contributed by atoms with van der Waals surface area (Å²) in [5, 5.41) is 3.35. The van der Waals surface area contributed by atoms with E-state index in [4.69, 9.17) is 14.2 Å². The normalized spacial score (nSPS) is 11.5. The summed E-state index contributed by atoms with van der Waals surface area (Å²) < 4.78 is 15.7. The highest BCUT2D eigenvalue weighted by atomic mass is 16.5. The monoisotopic (exact) mass is 352 g/mol. The molecule has 3 aromatic rings. The molecule has 1 atom stereocenters. The van der Waals surface area contributed by atoms with Gasteiger partial charge in [-0.3, -0.25) is 4.98 Å². The molecule has 0 aliphatic rings. The van der Waals surface area contributed by atoms with E-state index in [-0.39, 0.29) is 6.04 Å². The second-order valence-electron chi connectivity index (χ2n) is 5.41. The third-order valence-corrected chi connectivity index (χ3v) is 3.86. The molecule has 7 heteroatoms. The van der Waals surface area contributed by atoms with Crippen LogP contribution in [0.25, 0.3) is 0 Å². The molecule has 0 bridgehead atoms. The van der Waals surface area contributed by atoms with Crippen LogP contribution in [-0.4, -0.2) is 36.3 Å². The summed E-state index contributed by atoms with van der Waals surface area (Å²) in [7, 11) is 4.74. The molecule has 3 rings (SSSR count). The van der Waals surface area contributed by atoms with Crippen molar-refractivity contribution in [3.8, 4) is 17.5 Å². The highest BCUT2D eigenvalue weighted by Crippen LogP contribution is 2.28. The van der Waals surface area contributed by atoms with E-state index in [0.717, 1.165) is 16.9 Å². The summed E-state index contributed by atoms with van der Waals surface area (Å²) in [6.07, 6.45) is 3.50. The van der Waals surface area contributed by atoms with Gasteiger partial charge in [0.15, 0.2) is 0 Å². The van der Waals surface area contributed by atoms with Crippen molar-refractivity contribution in [1.82, 2.24) is 15.0 Å². The predicted octanol–water partition coefficient (Wildman–Crippen LogP) is 3.10. The number of methoxy groups -OCH3 is 3. The molecular formula is C19H20N4O3. The molecule has 0 saturated carbocycles. The molecule has 2 heterocycles. The largest absolute Gasteiger partial charge is 0.497 e. The van der Waals surface area contributed by atoms with Crippen LogP contribution in [-0.2, 0) is 0 Å². The third kappa shape index (κ3) is 4.00. The fourth-order valence-electron chi connectivity index (χ4n) is 2.52. The summed E-state index contributed by atoms with van der Waals surface area (Å²) >= 11 is 0. The van der Waals surface area contributed by atoms with Gasteiger partial charge in [0.05, 0.1) is 33.4 Å². The summed E-state index contributed by atoms with van der Waals surface area (Å²) in [4.78, 5) is 12.8. The first-order valence-corrected chi connectivity index (χ1v) is 8.01. The van der Waals surface area contributed by atoms with Crippen LogP contribution >= 0.6 is 0 Å². The van der Waals surface area contributed by atoms with Gasteiger partial charge in [-0.2, -0.15) is 9.97 Å². The molecule has 0 aliphatic carbocycles. The Morgan fingerprint density at radius 2 is 1.35 bits per heavy atom. The van der Waals surface area contributed by atoms with Gasteiger partial charge in [0.2, 0.25) is 17.7 Å². The van der Waals surface area contributed by atoms with Gasteiger partial charge >= 0.3 is 0 Å². The smallest absolute Gasteiger partial charge is 0.230 e. The highest BCUT2D eigenvalue weighted by Gasteiger charge is 2.17. The quantitative estimate of drug-likeness (QED) is 0.700. The van der Waals surface area contributed by atoms with Crippen molar-refractivity contribution in [2.45, 2.75) is 6.04 Å². The maximum absolute atomic E-state index is 5.25. The molecule has 0 aliphatic heterocycles. The Kier molecular flexibility index (Phi) is 5.48. The first kappa shape index (κ1) is 17.5. The van der Waals surface area contributed by atoms with Crippen LogP contribution in [0.15, 0.2) is 54.9 Å². The van der Waals surface area contributed by atoms with Gasteiger partial charge in [-0.1, -0.05) is 12.1 Å². The number of hydrogen-bond donors (Lipinski definition) is 1. The average molecular weight is 352 g/mol. The summed E-state index contributed by atoms with van der Waals surface area (Å²) in [6.45, 7) is 0. The number of rotatable bonds is 7. The summed E-state index contributed by atoms with van der Waals surface area (Å²) in [5.74, 6) is 2.03. The van der Waals surface area contributed by atoms with Gasteiger partial charge in [0.1, 0.15) is 5.75 Å². The zero-order valence-corrected chi connectivity index (χ0v) is 14.8. The lowest BCUT2D eigenvalue weighted by Gasteiger charge is -2.20. The van der Waals surface area contributed by atoms with Crippen LogP contribution in [0.3, 0.4) is 0 Å². The number of anilines is 1. The first-order valence-electron chi connectivity index (χ1n) is 8.01. The van der Waals surface area contributed by atoms with E-state index in [2.05, 4.69) is 20.3 Å². The third-order valence-electron chi connectivity index (χ3n) is 3.86. The molecule has 134 valence electrons. The number of hydrogen-bond acceptors (Lipinski definition) is 7. The maximum atomic E-state index is 5.25. The van der Waals surface area contributed by atoms with Crippen LogP contribution in [0.2, 0.25) is 0 Å². The predicted molar refractivity (Wildman–Crippen MR) is 97.8 cm³/mol. The van der Waals surface area contributed by atoms with Crippen molar-refractivity contribution in [3.05, 3.63) is 66.0 Å². The Balaban J connectivity index is 1.98. The fourth-order valence-corrected chi connectivity index (χ4v) is 2.52. The van der Waals surface area contributed by atoms with E-state index >= 15 is 0 Å². The lowest BCUT2D eigenvalue weighted by Crippen LogP contribution is -2.15. The molecule has 7 nitrogen and oxygen atoms in total. The van der Waals surface area contributed by atoms with E-state index in [9.17, 15) is 0 Å². The SMILES string of the molecule is COc1ccc(C(Nc2nc(OC)cc(OC)n2)c2ccncc2)cc1. The van der Waals surface area contributed by atoms with Crippen molar-refractivity contribution >= 4 is 5.95 Å². The van der Waals surface area contributed by atoms with Crippen molar-refractivity contribution in [2.75, 3.05) is 26.6 Å². The summed E-state index contributed by atoms with van der Waals surface area (Å²) in [5.41, 5.74) is 2.05. The van der Waals surface area contributed by atoms with Crippen molar-refractivity contribution in [3.63, 3.8) is 0 Å². The molecular weight excluding hydrogens is 332 g/mol. The number of benzene rings is 1. The molecule has 0 radical (unpaired) electrons. The Morgan fingerprint density at radius 1 is 0.769 bits per heavy atom. The van der Waals surface area contributed by atoms with Gasteiger partial charge in [0, 0.05) is 12.4 Å². The molecule has 2 aromatic heterocycles. The molecule has 0 amide bonds. The second kappa shape index (κ2) is 8.15. The minimum atomic E-state index is -0.180. The Morgan fingerprint density at radius 3 is 1.88 bits per heavy atom. The van der Waals surface area contributed by atoms with E-state index in [0.29, 0.717) is 17.7 Å². The lowest BCUT2D eigenvalue weighted by atomic mass is 10.00. The van der Waals surface area contributed by atoms with Crippen LogP contribution < -0.4 is 19.5 Å². The number of ether oxygens (including phenoxy) is 3. The van der Waals surface area contributed by atoms with Gasteiger partial charge in [0.25, 0.3) is 0 Å². The van der Waals surface area contributed by atoms with Gasteiger partial charge < -0.3 is 19.5 Å². The molecule has 1 aromatic carbocycles. The Bertz CT molecular complexity index is 819. The number of nitrogens with one attached hydrogen (secondary N) is 1. The highest BCUT2D eigenvalue weighted by molar-refractivity contribution is 5.43. The van der Waals surface area contributed by atoms with Crippen LogP contribution in [0, 0.1) is 0 Å². The molecule has 0 spiro atoms. The molecule has 26 heavy (non-hydrogen) atoms. The van der Waals surface area contributed by atoms with E-state index in [1.165, 1.54) is 0 Å². The lowest BCUT2D eigenvalue weighted by molar-refractivity contribution is 0.372. The average Bonchev–Trinajstić information content (AvgIpc) is 2.72. The van der Waals surface area contributed by atoms with E-state index in [1.807, 2.05) is 36.4 Å². The standard InChI is InChI=1S/C19H20N4O3/c1-24-15-6-4-13(5-7-15)18(14-8-10-20-11-9-14)23-19-21-16(25-2)12-17(22-19)26-3/h4-12,18H,1-3H3,(H,21,22,23). The second-order valence-corrected chi connectivity index (χ2v) is 5.41. The zero-order valence-electron chi connectivity index (χ0n) is 14.8. The summed E-state index contributed by atoms with van der Waals surface area (Å²) in [6, 6.07) is 13.2. The molecule has 1 N–H and O–H groups in total. The van der Waals surface area contributed by atoms with Crippen LogP contribution in [0.4, 0.5) is 5.95 Å². The molecule has 0 fully saturated rings. The van der Waals surface area contributed by atoms with E-state index in [1.54, 1.807) is 39.8 Å². The minimum Gasteiger partial charge on any atom is -0.497 e.